The summed E-state index contributed by atoms with van der Waals surface area (Å²) in [7, 11) is 3.39. The first kappa shape index (κ1) is 19.1. The average Bonchev–Trinajstić information content (AvgIpc) is 3.14. The van der Waals surface area contributed by atoms with Crippen LogP contribution in [-0.4, -0.2) is 63.3 Å². The Balaban J connectivity index is 1.66. The Labute approximate surface area is 160 Å². The maximum Gasteiger partial charge on any atom is 0.275 e. The van der Waals surface area contributed by atoms with Crippen molar-refractivity contribution in [1.29, 1.82) is 0 Å². The Morgan fingerprint density at radius 2 is 2.07 bits per heavy atom. The van der Waals surface area contributed by atoms with Gasteiger partial charge in [-0.1, -0.05) is 22.9 Å². The molecular weight excluding hydrogens is 342 g/mol. The van der Waals surface area contributed by atoms with Crippen molar-refractivity contribution >= 4 is 11.8 Å². The van der Waals surface area contributed by atoms with Crippen molar-refractivity contribution < 1.29 is 9.59 Å². The van der Waals surface area contributed by atoms with Crippen molar-refractivity contribution in [3.63, 3.8) is 0 Å². The van der Waals surface area contributed by atoms with E-state index in [0.717, 1.165) is 43.4 Å². The molecule has 1 atom stereocenters. The monoisotopic (exact) mass is 369 g/mol. The van der Waals surface area contributed by atoms with Crippen LogP contribution in [0.3, 0.4) is 0 Å². The van der Waals surface area contributed by atoms with E-state index in [1.54, 1.807) is 25.0 Å². The lowest BCUT2D eigenvalue weighted by atomic mass is 9.98. The van der Waals surface area contributed by atoms with Gasteiger partial charge in [0.25, 0.3) is 11.8 Å². The van der Waals surface area contributed by atoms with Gasteiger partial charge in [0.2, 0.25) is 0 Å². The summed E-state index contributed by atoms with van der Waals surface area (Å²) in [4.78, 5) is 28.4. The van der Waals surface area contributed by atoms with Crippen LogP contribution < -0.4 is 0 Å². The number of aryl methyl sites for hydroxylation is 2. The minimum atomic E-state index is -0.157. The number of hydrogen-bond acceptors (Lipinski definition) is 4. The van der Waals surface area contributed by atoms with Crippen LogP contribution in [-0.2, 0) is 6.54 Å². The third-order valence-electron chi connectivity index (χ3n) is 5.01. The van der Waals surface area contributed by atoms with E-state index in [1.807, 2.05) is 36.1 Å². The van der Waals surface area contributed by atoms with Gasteiger partial charge in [0.1, 0.15) is 0 Å². The number of piperidine rings is 1. The number of carbonyl (C=O) groups excluding carboxylic acids is 2. The summed E-state index contributed by atoms with van der Waals surface area (Å²) in [5.41, 5.74) is 2.19. The predicted octanol–water partition coefficient (Wildman–Crippen LogP) is 2.37. The van der Waals surface area contributed by atoms with E-state index >= 15 is 0 Å². The van der Waals surface area contributed by atoms with Crippen LogP contribution >= 0.6 is 0 Å². The smallest absolute Gasteiger partial charge is 0.275 e. The van der Waals surface area contributed by atoms with Crippen LogP contribution in [0.5, 0.6) is 0 Å². The van der Waals surface area contributed by atoms with Crippen LogP contribution in [0.25, 0.3) is 0 Å². The zero-order valence-electron chi connectivity index (χ0n) is 16.3. The van der Waals surface area contributed by atoms with Gasteiger partial charge >= 0.3 is 0 Å². The summed E-state index contributed by atoms with van der Waals surface area (Å²) in [6.07, 6.45) is 5.65. The van der Waals surface area contributed by atoms with E-state index in [0.29, 0.717) is 12.2 Å². The number of carbonyl (C=O) groups is 2. The lowest BCUT2D eigenvalue weighted by molar-refractivity contribution is 0.0593. The summed E-state index contributed by atoms with van der Waals surface area (Å²) in [6.45, 7) is 3.43. The fourth-order valence-corrected chi connectivity index (χ4v) is 3.53. The first-order valence-electron chi connectivity index (χ1n) is 9.45. The molecule has 7 nitrogen and oxygen atoms in total. The maximum atomic E-state index is 13.0. The van der Waals surface area contributed by atoms with Gasteiger partial charge in [-0.15, -0.1) is 5.10 Å². The molecule has 3 rings (SSSR count). The van der Waals surface area contributed by atoms with Gasteiger partial charge < -0.3 is 9.80 Å². The zero-order valence-corrected chi connectivity index (χ0v) is 16.3. The molecule has 2 heterocycles. The molecule has 7 heteroatoms. The SMILES string of the molecule is Cc1cccc(C(=O)N2CCCCC2CCn2cc(C(=O)N(C)C)nn2)c1. The van der Waals surface area contributed by atoms with E-state index in [9.17, 15) is 9.59 Å². The van der Waals surface area contributed by atoms with Crippen molar-refractivity contribution in [2.75, 3.05) is 20.6 Å². The number of nitrogens with zero attached hydrogens (tertiary/aromatic N) is 5. The van der Waals surface area contributed by atoms with E-state index in [2.05, 4.69) is 10.3 Å². The summed E-state index contributed by atoms with van der Waals surface area (Å²) >= 11 is 0. The molecule has 1 aliphatic heterocycles. The molecule has 0 aliphatic carbocycles. The Kier molecular flexibility index (Phi) is 5.88. The summed E-state index contributed by atoms with van der Waals surface area (Å²) in [5.74, 6) is -0.0550. The highest BCUT2D eigenvalue weighted by Gasteiger charge is 2.27. The highest BCUT2D eigenvalue weighted by molar-refractivity contribution is 5.94. The minimum absolute atomic E-state index is 0.102. The molecule has 2 aromatic rings. The molecule has 1 aromatic carbocycles. The molecule has 0 saturated carbocycles. The second kappa shape index (κ2) is 8.33. The van der Waals surface area contributed by atoms with E-state index in [-0.39, 0.29) is 17.9 Å². The normalized spacial score (nSPS) is 17.0. The molecule has 1 unspecified atom stereocenters. The van der Waals surface area contributed by atoms with E-state index in [1.165, 1.54) is 4.90 Å². The molecule has 27 heavy (non-hydrogen) atoms. The molecule has 1 aliphatic rings. The summed E-state index contributed by atoms with van der Waals surface area (Å²) < 4.78 is 1.70. The predicted molar refractivity (Wildman–Crippen MR) is 103 cm³/mol. The van der Waals surface area contributed by atoms with Gasteiger partial charge in [0.15, 0.2) is 5.69 Å². The average molecular weight is 369 g/mol. The van der Waals surface area contributed by atoms with Crippen molar-refractivity contribution in [3.05, 3.63) is 47.3 Å². The molecular formula is C20H27N5O2. The Morgan fingerprint density at radius 3 is 2.81 bits per heavy atom. The lowest BCUT2D eigenvalue weighted by Gasteiger charge is -2.36. The van der Waals surface area contributed by atoms with Crippen LogP contribution in [0, 0.1) is 6.92 Å². The Morgan fingerprint density at radius 1 is 1.26 bits per heavy atom. The summed E-state index contributed by atoms with van der Waals surface area (Å²) in [6, 6.07) is 7.95. The quantitative estimate of drug-likeness (QED) is 0.811. The third kappa shape index (κ3) is 4.53. The van der Waals surface area contributed by atoms with E-state index in [4.69, 9.17) is 0 Å². The summed E-state index contributed by atoms with van der Waals surface area (Å²) in [5, 5.41) is 8.01. The van der Waals surface area contributed by atoms with Crippen molar-refractivity contribution in [3.8, 4) is 0 Å². The molecule has 0 N–H and O–H groups in total. The molecule has 2 amide bonds. The van der Waals surface area contributed by atoms with Crippen molar-refractivity contribution in [2.45, 2.75) is 45.2 Å². The zero-order chi connectivity index (χ0) is 19.4. The fraction of sp³-hybridized carbons (Fsp3) is 0.500. The maximum absolute atomic E-state index is 13.0. The third-order valence-corrected chi connectivity index (χ3v) is 5.01. The van der Waals surface area contributed by atoms with Crippen LogP contribution in [0.4, 0.5) is 0 Å². The number of aromatic nitrogens is 3. The van der Waals surface area contributed by atoms with Crippen LogP contribution in [0.2, 0.25) is 0 Å². The van der Waals surface area contributed by atoms with Gasteiger partial charge in [0, 0.05) is 38.8 Å². The Hall–Kier alpha value is -2.70. The molecule has 0 radical (unpaired) electrons. The molecule has 1 aromatic heterocycles. The molecule has 1 saturated heterocycles. The lowest BCUT2D eigenvalue weighted by Crippen LogP contribution is -2.44. The van der Waals surface area contributed by atoms with Crippen molar-refractivity contribution in [1.82, 2.24) is 24.8 Å². The molecule has 1 fully saturated rings. The number of likely N-dealkylation sites (tertiary alicyclic amines) is 1. The Bertz CT molecular complexity index is 814. The number of amides is 2. The van der Waals surface area contributed by atoms with Gasteiger partial charge in [-0.05, 0) is 44.7 Å². The minimum Gasteiger partial charge on any atom is -0.343 e. The second-order valence-corrected chi connectivity index (χ2v) is 7.37. The molecule has 0 spiro atoms. The van der Waals surface area contributed by atoms with E-state index < -0.39 is 0 Å². The number of rotatable bonds is 5. The largest absolute Gasteiger partial charge is 0.343 e. The highest BCUT2D eigenvalue weighted by atomic mass is 16.2. The molecule has 0 bridgehead atoms. The van der Waals surface area contributed by atoms with Crippen LogP contribution in [0.1, 0.15) is 52.1 Å². The van der Waals surface area contributed by atoms with Crippen molar-refractivity contribution in [2.24, 2.45) is 0 Å². The van der Waals surface area contributed by atoms with Gasteiger partial charge in [-0.2, -0.15) is 0 Å². The highest BCUT2D eigenvalue weighted by Crippen LogP contribution is 2.23. The second-order valence-electron chi connectivity index (χ2n) is 7.37. The number of hydrogen-bond donors (Lipinski definition) is 0. The van der Waals surface area contributed by atoms with Gasteiger partial charge in [-0.3, -0.25) is 14.3 Å². The standard InChI is InChI=1S/C20H27N5O2/c1-15-7-6-8-16(13-15)19(26)25-11-5-4-9-17(25)10-12-24-14-18(21-22-24)20(27)23(2)3/h6-8,13-14,17H,4-5,9-12H2,1-3H3. The molecule has 144 valence electrons. The van der Waals surface area contributed by atoms with Crippen LogP contribution in [0.15, 0.2) is 30.5 Å². The van der Waals surface area contributed by atoms with Gasteiger partial charge in [0.05, 0.1) is 6.20 Å². The first-order chi connectivity index (χ1) is 13.0. The topological polar surface area (TPSA) is 71.3 Å². The first-order valence-corrected chi connectivity index (χ1v) is 9.45. The number of benzene rings is 1. The fourth-order valence-electron chi connectivity index (χ4n) is 3.53. The van der Waals surface area contributed by atoms with Gasteiger partial charge in [-0.25, -0.2) is 0 Å².